The van der Waals surface area contributed by atoms with Crippen molar-refractivity contribution in [3.05, 3.63) is 64.2 Å². The molecule has 6 nitrogen and oxygen atoms in total. The van der Waals surface area contributed by atoms with Crippen molar-refractivity contribution in [2.24, 2.45) is 5.92 Å². The molecule has 0 spiro atoms. The molecule has 0 saturated carbocycles. The third kappa shape index (κ3) is 5.86. The van der Waals surface area contributed by atoms with Crippen LogP contribution in [0.15, 0.2) is 47.4 Å². The van der Waals surface area contributed by atoms with E-state index in [-0.39, 0.29) is 21.4 Å². The van der Waals surface area contributed by atoms with E-state index in [0.717, 1.165) is 24.0 Å². The molecule has 0 bridgehead atoms. The summed E-state index contributed by atoms with van der Waals surface area (Å²) in [5.74, 6) is -0.0584. The lowest BCUT2D eigenvalue weighted by molar-refractivity contribution is 0.0949. The van der Waals surface area contributed by atoms with Gasteiger partial charge in [-0.05, 0) is 55.0 Å². The first-order valence-electron chi connectivity index (χ1n) is 10.5. The number of sulfonamides is 1. The number of halogens is 1. The fourth-order valence-electron chi connectivity index (χ4n) is 3.71. The van der Waals surface area contributed by atoms with Gasteiger partial charge >= 0.3 is 0 Å². The van der Waals surface area contributed by atoms with E-state index in [1.807, 2.05) is 38.1 Å². The molecule has 1 amide bonds. The number of hydrogen-bond donors (Lipinski definition) is 1. The van der Waals surface area contributed by atoms with Crippen molar-refractivity contribution in [3.8, 4) is 0 Å². The van der Waals surface area contributed by atoms with Gasteiger partial charge in [-0.15, -0.1) is 0 Å². The molecule has 8 heteroatoms. The normalized spacial score (nSPS) is 17.5. The average molecular weight is 465 g/mol. The summed E-state index contributed by atoms with van der Waals surface area (Å²) in [5.41, 5.74) is 2.21. The topological polar surface area (TPSA) is 75.7 Å². The van der Waals surface area contributed by atoms with E-state index >= 15 is 0 Å². The van der Waals surface area contributed by atoms with Crippen LogP contribution in [0.25, 0.3) is 0 Å². The van der Waals surface area contributed by atoms with Gasteiger partial charge < -0.3 is 10.1 Å². The van der Waals surface area contributed by atoms with Gasteiger partial charge in [-0.2, -0.15) is 4.31 Å². The van der Waals surface area contributed by atoms with Crippen LogP contribution in [0, 0.1) is 5.92 Å². The van der Waals surface area contributed by atoms with Gasteiger partial charge in [0.2, 0.25) is 10.0 Å². The van der Waals surface area contributed by atoms with Gasteiger partial charge in [0.15, 0.2) is 0 Å². The Kier molecular flexibility index (Phi) is 8.11. The molecule has 1 aliphatic heterocycles. The minimum Gasteiger partial charge on any atom is -0.377 e. The molecule has 31 heavy (non-hydrogen) atoms. The van der Waals surface area contributed by atoms with E-state index in [1.54, 1.807) is 6.07 Å². The number of ether oxygens (including phenoxy) is 1. The molecule has 2 aromatic rings. The number of rotatable bonds is 8. The van der Waals surface area contributed by atoms with Crippen LogP contribution in [0.5, 0.6) is 0 Å². The van der Waals surface area contributed by atoms with E-state index < -0.39 is 10.0 Å². The molecule has 0 aliphatic carbocycles. The first kappa shape index (κ1) is 23.7. The summed E-state index contributed by atoms with van der Waals surface area (Å²) >= 11 is 6.23. The third-order valence-electron chi connectivity index (χ3n) is 5.45. The molecule has 1 saturated heterocycles. The first-order valence-corrected chi connectivity index (χ1v) is 12.4. The predicted molar refractivity (Wildman–Crippen MR) is 122 cm³/mol. The van der Waals surface area contributed by atoms with Crippen molar-refractivity contribution >= 4 is 27.5 Å². The molecule has 1 N–H and O–H groups in total. The molecule has 1 aliphatic rings. The Morgan fingerprint density at radius 2 is 1.97 bits per heavy atom. The second-order valence-corrected chi connectivity index (χ2v) is 10.2. The number of amides is 1. The maximum atomic E-state index is 13.1. The van der Waals surface area contributed by atoms with Crippen molar-refractivity contribution in [3.63, 3.8) is 0 Å². The second-order valence-electron chi connectivity index (χ2n) is 7.84. The predicted octanol–water partition coefficient (Wildman–Crippen LogP) is 4.23. The largest absolute Gasteiger partial charge is 0.377 e. The fourth-order valence-corrected chi connectivity index (χ4v) is 5.81. The molecule has 0 aromatic heterocycles. The standard InChI is InChI=1S/C23H29ClN2O4S/c1-3-30-16-20-9-5-4-8-19(20)14-25-23(27)18-10-11-21(24)22(13-18)31(28,29)26-12-6-7-17(2)15-26/h4-5,8-11,13,17H,3,6-7,12,14-16H2,1-2H3,(H,25,27). The molecule has 3 rings (SSSR count). The van der Waals surface area contributed by atoms with Crippen molar-refractivity contribution < 1.29 is 17.9 Å². The van der Waals surface area contributed by atoms with Crippen LogP contribution < -0.4 is 5.32 Å². The van der Waals surface area contributed by atoms with Gasteiger partial charge in [0.25, 0.3) is 5.91 Å². The lowest BCUT2D eigenvalue weighted by atomic mass is 10.0. The summed E-state index contributed by atoms with van der Waals surface area (Å²) in [6, 6.07) is 12.1. The summed E-state index contributed by atoms with van der Waals surface area (Å²) in [6.07, 6.45) is 1.83. The molecular formula is C23H29ClN2O4S. The van der Waals surface area contributed by atoms with Crippen LogP contribution in [0.2, 0.25) is 5.02 Å². The van der Waals surface area contributed by atoms with Crippen LogP contribution >= 0.6 is 11.6 Å². The lowest BCUT2D eigenvalue weighted by Crippen LogP contribution is -2.39. The number of carbonyl (C=O) groups is 1. The van der Waals surface area contributed by atoms with Gasteiger partial charge in [-0.1, -0.05) is 42.8 Å². The molecule has 1 heterocycles. The molecule has 2 aromatic carbocycles. The number of benzene rings is 2. The van der Waals surface area contributed by atoms with Crippen LogP contribution in [0.4, 0.5) is 0 Å². The zero-order valence-corrected chi connectivity index (χ0v) is 19.5. The summed E-state index contributed by atoms with van der Waals surface area (Å²) < 4.78 is 33.2. The Hall–Kier alpha value is -1.93. The summed E-state index contributed by atoms with van der Waals surface area (Å²) in [6.45, 7) is 6.30. The van der Waals surface area contributed by atoms with Gasteiger partial charge in [-0.25, -0.2) is 8.42 Å². The number of piperidine rings is 1. The summed E-state index contributed by atoms with van der Waals surface area (Å²) in [7, 11) is -3.76. The van der Waals surface area contributed by atoms with Gasteiger partial charge in [0.05, 0.1) is 11.6 Å². The van der Waals surface area contributed by atoms with E-state index in [2.05, 4.69) is 5.32 Å². The van der Waals surface area contributed by atoms with Crippen LogP contribution in [-0.4, -0.2) is 38.3 Å². The highest BCUT2D eigenvalue weighted by molar-refractivity contribution is 7.89. The summed E-state index contributed by atoms with van der Waals surface area (Å²) in [5, 5.41) is 2.99. The Labute approximate surface area is 189 Å². The van der Waals surface area contributed by atoms with Crippen molar-refractivity contribution in [1.29, 1.82) is 0 Å². The van der Waals surface area contributed by atoms with Gasteiger partial charge in [0, 0.05) is 31.8 Å². The molecule has 1 fully saturated rings. The van der Waals surface area contributed by atoms with Crippen molar-refractivity contribution in [2.75, 3.05) is 19.7 Å². The quantitative estimate of drug-likeness (QED) is 0.634. The van der Waals surface area contributed by atoms with E-state index in [9.17, 15) is 13.2 Å². The molecule has 1 unspecified atom stereocenters. The minimum absolute atomic E-state index is 0.0207. The van der Waals surface area contributed by atoms with E-state index in [1.165, 1.54) is 16.4 Å². The highest BCUT2D eigenvalue weighted by Gasteiger charge is 2.30. The lowest BCUT2D eigenvalue weighted by Gasteiger charge is -2.30. The van der Waals surface area contributed by atoms with Crippen molar-refractivity contribution in [2.45, 2.75) is 44.7 Å². The average Bonchev–Trinajstić information content (AvgIpc) is 2.76. The number of nitrogens with zero attached hydrogens (tertiary/aromatic N) is 1. The maximum absolute atomic E-state index is 13.1. The highest BCUT2D eigenvalue weighted by Crippen LogP contribution is 2.29. The van der Waals surface area contributed by atoms with E-state index in [0.29, 0.717) is 38.8 Å². The van der Waals surface area contributed by atoms with Gasteiger partial charge in [-0.3, -0.25) is 4.79 Å². The highest BCUT2D eigenvalue weighted by atomic mass is 35.5. The van der Waals surface area contributed by atoms with Gasteiger partial charge in [0.1, 0.15) is 4.90 Å². The maximum Gasteiger partial charge on any atom is 0.251 e. The smallest absolute Gasteiger partial charge is 0.251 e. The molecule has 1 atom stereocenters. The molecule has 0 radical (unpaired) electrons. The zero-order chi connectivity index (χ0) is 22.4. The number of nitrogens with one attached hydrogen (secondary N) is 1. The second kappa shape index (κ2) is 10.6. The third-order valence-corrected chi connectivity index (χ3v) is 7.80. The first-order chi connectivity index (χ1) is 14.8. The van der Waals surface area contributed by atoms with Crippen LogP contribution in [0.1, 0.15) is 48.2 Å². The van der Waals surface area contributed by atoms with E-state index in [4.69, 9.17) is 16.3 Å². The Morgan fingerprint density at radius 3 is 2.68 bits per heavy atom. The zero-order valence-electron chi connectivity index (χ0n) is 17.9. The Balaban J connectivity index is 1.76. The number of hydrogen-bond acceptors (Lipinski definition) is 4. The van der Waals surface area contributed by atoms with Crippen molar-refractivity contribution in [1.82, 2.24) is 9.62 Å². The molecular weight excluding hydrogens is 436 g/mol. The minimum atomic E-state index is -3.76. The van der Waals surface area contributed by atoms with Crippen LogP contribution in [0.3, 0.4) is 0 Å². The van der Waals surface area contributed by atoms with Crippen LogP contribution in [-0.2, 0) is 27.9 Å². The molecule has 168 valence electrons. The Bertz CT molecular complexity index is 1030. The Morgan fingerprint density at radius 1 is 1.23 bits per heavy atom. The SMILES string of the molecule is CCOCc1ccccc1CNC(=O)c1ccc(Cl)c(S(=O)(=O)N2CCCC(C)C2)c1. The fraction of sp³-hybridized carbons (Fsp3) is 0.435. The summed E-state index contributed by atoms with van der Waals surface area (Å²) in [4.78, 5) is 12.7. The monoisotopic (exact) mass is 464 g/mol. The number of carbonyl (C=O) groups excluding carboxylic acids is 1.